The van der Waals surface area contributed by atoms with Crippen LogP contribution in [-0.2, 0) is 9.59 Å². The zero-order chi connectivity index (χ0) is 12.3. The summed E-state index contributed by atoms with van der Waals surface area (Å²) in [5, 5.41) is 18.2. The Morgan fingerprint density at radius 2 is 1.67 bits per heavy atom. The molecule has 1 saturated carbocycles. The van der Waals surface area contributed by atoms with E-state index >= 15 is 0 Å². The van der Waals surface area contributed by atoms with Gasteiger partial charge in [-0.3, -0.25) is 9.59 Å². The van der Waals surface area contributed by atoms with E-state index in [2.05, 4.69) is 0 Å². The zero-order valence-corrected chi connectivity index (χ0v) is 9.85. The molecule has 18 heavy (non-hydrogen) atoms. The fourth-order valence-electron chi connectivity index (χ4n) is 2.81. The van der Waals surface area contributed by atoms with Crippen molar-refractivity contribution in [2.45, 2.75) is 39.5 Å². The number of carbonyl (C=O) groups is 2. The van der Waals surface area contributed by atoms with Crippen LogP contribution >= 0.6 is 0 Å². The summed E-state index contributed by atoms with van der Waals surface area (Å²) < 4.78 is 0. The molecule has 0 aliphatic heterocycles. The molecule has 0 bridgehead atoms. The Labute approximate surface area is 132 Å². The minimum absolute atomic E-state index is 0. The molecule has 1 fully saturated rings. The van der Waals surface area contributed by atoms with Crippen LogP contribution in [0.4, 0.5) is 0 Å². The van der Waals surface area contributed by atoms with Crippen LogP contribution in [0, 0.1) is 23.7 Å². The summed E-state index contributed by atoms with van der Waals surface area (Å²) in [5.74, 6) is -2.87. The molecule has 0 aromatic rings. The van der Waals surface area contributed by atoms with Gasteiger partial charge in [0.1, 0.15) is 0 Å². The monoisotopic (exact) mass is 244 g/mol. The van der Waals surface area contributed by atoms with Gasteiger partial charge in [0, 0.05) is 0 Å². The van der Waals surface area contributed by atoms with E-state index in [1.165, 1.54) is 0 Å². The molecular formula is C12H22Li2O4. The molecule has 3 unspecified atom stereocenters. The van der Waals surface area contributed by atoms with Crippen LogP contribution in [0.1, 0.15) is 39.5 Å². The molecule has 0 aromatic carbocycles. The van der Waals surface area contributed by atoms with Gasteiger partial charge in [0.2, 0.25) is 0 Å². The van der Waals surface area contributed by atoms with Crippen molar-refractivity contribution in [3.63, 3.8) is 0 Å². The van der Waals surface area contributed by atoms with E-state index in [4.69, 9.17) is 5.11 Å². The summed E-state index contributed by atoms with van der Waals surface area (Å²) in [6.45, 7) is 4.09. The first kappa shape index (κ1) is 20.5. The van der Waals surface area contributed by atoms with Crippen LogP contribution in [0.3, 0.4) is 0 Å². The van der Waals surface area contributed by atoms with Crippen molar-refractivity contribution >= 4 is 49.7 Å². The summed E-state index contributed by atoms with van der Waals surface area (Å²) in [5.41, 5.74) is 0. The van der Waals surface area contributed by atoms with Crippen LogP contribution in [0.15, 0.2) is 0 Å². The molecule has 1 aliphatic rings. The fraction of sp³-hybridized carbons (Fsp3) is 0.833. The summed E-state index contributed by atoms with van der Waals surface area (Å²) in [6.07, 6.45) is 2.98. The molecule has 0 heterocycles. The van der Waals surface area contributed by atoms with Gasteiger partial charge < -0.3 is 10.2 Å². The number of carboxylic acid groups (broad SMARTS) is 2. The first-order valence-electron chi connectivity index (χ1n) is 5.89. The molecule has 0 radical (unpaired) electrons. The van der Waals surface area contributed by atoms with Gasteiger partial charge in [0.05, 0.1) is 11.8 Å². The average molecular weight is 244 g/mol. The van der Waals surface area contributed by atoms with Gasteiger partial charge in [-0.25, -0.2) is 0 Å². The Morgan fingerprint density at radius 3 is 2.06 bits per heavy atom. The molecule has 0 amide bonds. The van der Waals surface area contributed by atoms with Crippen LogP contribution in [0.25, 0.3) is 0 Å². The van der Waals surface area contributed by atoms with Gasteiger partial charge >= 0.3 is 49.7 Å². The number of aliphatic carboxylic acids is 2. The Morgan fingerprint density at radius 1 is 1.11 bits per heavy atom. The third kappa shape index (κ3) is 5.41. The zero-order valence-electron chi connectivity index (χ0n) is 9.85. The van der Waals surface area contributed by atoms with Crippen LogP contribution in [0.5, 0.6) is 0 Å². The predicted molar refractivity (Wildman–Crippen MR) is 73.3 cm³/mol. The second-order valence-electron chi connectivity index (χ2n) is 5.13. The Hall–Kier alpha value is 0.135. The molecule has 6 heteroatoms. The summed E-state index contributed by atoms with van der Waals surface area (Å²) in [6, 6.07) is 0. The summed E-state index contributed by atoms with van der Waals surface area (Å²) in [4.78, 5) is 22.2. The standard InChI is InChI=1S/C12H20O4.2Li.2H/c1-7(2)6-8-4-3-5-9(11(13)14)10(8)12(15)16;;;;/h7-10H,3-6H2,1-2H3,(H,13,14)(H,15,16);;;;. The van der Waals surface area contributed by atoms with Gasteiger partial charge in [0.25, 0.3) is 0 Å². The van der Waals surface area contributed by atoms with Crippen LogP contribution in [-0.4, -0.2) is 59.9 Å². The van der Waals surface area contributed by atoms with Crippen LogP contribution in [0.2, 0.25) is 0 Å². The van der Waals surface area contributed by atoms with Gasteiger partial charge in [-0.15, -0.1) is 0 Å². The van der Waals surface area contributed by atoms with Crippen molar-refractivity contribution in [1.29, 1.82) is 0 Å². The molecule has 0 saturated heterocycles. The molecule has 3 atom stereocenters. The molecule has 2 N–H and O–H groups in total. The first-order chi connectivity index (χ1) is 7.43. The van der Waals surface area contributed by atoms with E-state index in [0.717, 1.165) is 19.3 Å². The van der Waals surface area contributed by atoms with Crippen molar-refractivity contribution in [1.82, 2.24) is 0 Å². The first-order valence-corrected chi connectivity index (χ1v) is 5.89. The van der Waals surface area contributed by atoms with E-state index in [1.807, 2.05) is 13.8 Å². The number of carboxylic acids is 2. The molecule has 4 nitrogen and oxygen atoms in total. The van der Waals surface area contributed by atoms with Gasteiger partial charge in [0.15, 0.2) is 0 Å². The van der Waals surface area contributed by atoms with E-state index in [9.17, 15) is 14.7 Å². The quantitative estimate of drug-likeness (QED) is 0.721. The van der Waals surface area contributed by atoms with Crippen molar-refractivity contribution in [2.24, 2.45) is 23.7 Å². The van der Waals surface area contributed by atoms with Crippen LogP contribution < -0.4 is 0 Å². The SMILES string of the molecule is CC(C)CC1CCCC(C(=O)O)C1C(=O)O.[LiH].[LiH]. The normalized spacial score (nSPS) is 26.9. The van der Waals surface area contributed by atoms with E-state index in [1.54, 1.807) is 0 Å². The van der Waals surface area contributed by atoms with Crippen molar-refractivity contribution in [3.05, 3.63) is 0 Å². The van der Waals surface area contributed by atoms with Gasteiger partial charge in [-0.05, 0) is 31.1 Å². The summed E-state index contributed by atoms with van der Waals surface area (Å²) >= 11 is 0. The Balaban J connectivity index is 0. The topological polar surface area (TPSA) is 74.6 Å². The Kier molecular flexibility index (Phi) is 10.3. The maximum absolute atomic E-state index is 11.2. The number of hydrogen-bond donors (Lipinski definition) is 2. The number of rotatable bonds is 4. The molecule has 1 aliphatic carbocycles. The van der Waals surface area contributed by atoms with Crippen molar-refractivity contribution < 1.29 is 19.8 Å². The van der Waals surface area contributed by atoms with E-state index < -0.39 is 23.8 Å². The molecular weight excluding hydrogens is 222 g/mol. The predicted octanol–water partition coefficient (Wildman–Crippen LogP) is 0.937. The summed E-state index contributed by atoms with van der Waals surface area (Å²) in [7, 11) is 0. The maximum atomic E-state index is 11.2. The Bertz CT molecular complexity index is 281. The number of hydrogen-bond acceptors (Lipinski definition) is 2. The van der Waals surface area contributed by atoms with Crippen molar-refractivity contribution in [2.75, 3.05) is 0 Å². The molecule has 1 rings (SSSR count). The van der Waals surface area contributed by atoms with Gasteiger partial charge in [-0.1, -0.05) is 20.3 Å². The fourth-order valence-corrected chi connectivity index (χ4v) is 2.81. The molecule has 0 spiro atoms. The van der Waals surface area contributed by atoms with Gasteiger partial charge in [-0.2, -0.15) is 0 Å². The minimum atomic E-state index is -0.958. The third-order valence-electron chi connectivity index (χ3n) is 3.41. The second-order valence-corrected chi connectivity index (χ2v) is 5.13. The van der Waals surface area contributed by atoms with E-state index in [0.29, 0.717) is 12.3 Å². The second kappa shape index (κ2) is 9.10. The third-order valence-corrected chi connectivity index (χ3v) is 3.41. The molecule has 0 aromatic heterocycles. The average Bonchev–Trinajstić information content (AvgIpc) is 2.15. The molecule has 96 valence electrons. The van der Waals surface area contributed by atoms with E-state index in [-0.39, 0.29) is 43.6 Å². The van der Waals surface area contributed by atoms with Crippen molar-refractivity contribution in [3.8, 4) is 0 Å².